The number of aliphatic hydroxyl groups excluding tert-OH is 1. The van der Waals surface area contributed by atoms with Crippen LogP contribution in [-0.4, -0.2) is 39.3 Å². The zero-order chi connectivity index (χ0) is 21.2. The topological polar surface area (TPSA) is 98.0 Å². The van der Waals surface area contributed by atoms with Crippen molar-refractivity contribution in [1.82, 2.24) is 15.0 Å². The molecule has 156 valence electrons. The van der Waals surface area contributed by atoms with Gasteiger partial charge in [0.15, 0.2) is 0 Å². The first kappa shape index (κ1) is 19.5. The van der Waals surface area contributed by atoms with Gasteiger partial charge in [0, 0.05) is 24.5 Å². The quantitative estimate of drug-likeness (QED) is 0.632. The number of anilines is 3. The Morgan fingerprint density at radius 3 is 2.74 bits per heavy atom. The summed E-state index contributed by atoms with van der Waals surface area (Å²) in [5.41, 5.74) is 3.63. The van der Waals surface area contributed by atoms with Crippen molar-refractivity contribution in [2.45, 2.75) is 37.6 Å². The molecule has 4 heterocycles. The van der Waals surface area contributed by atoms with Gasteiger partial charge in [-0.2, -0.15) is 5.26 Å². The highest BCUT2D eigenvalue weighted by molar-refractivity contribution is 5.66. The maximum absolute atomic E-state index is 9.59. The van der Waals surface area contributed by atoms with Crippen molar-refractivity contribution in [2.75, 3.05) is 23.4 Å². The summed E-state index contributed by atoms with van der Waals surface area (Å²) < 4.78 is 0. The van der Waals surface area contributed by atoms with Crippen LogP contribution >= 0.6 is 0 Å². The second kappa shape index (κ2) is 8.32. The Labute approximate surface area is 181 Å². The molecule has 0 spiro atoms. The molecule has 2 N–H and O–H groups in total. The molecule has 2 aliphatic rings. The number of nitrogens with zero attached hydrogens (tertiary/aromatic N) is 5. The van der Waals surface area contributed by atoms with Crippen LogP contribution in [0.25, 0.3) is 11.3 Å². The van der Waals surface area contributed by atoms with E-state index in [0.29, 0.717) is 23.1 Å². The maximum atomic E-state index is 9.59. The second-order valence-corrected chi connectivity index (χ2v) is 8.19. The van der Waals surface area contributed by atoms with E-state index in [4.69, 9.17) is 10.2 Å². The van der Waals surface area contributed by atoms with Gasteiger partial charge in [-0.05, 0) is 73.6 Å². The van der Waals surface area contributed by atoms with Crippen molar-refractivity contribution in [3.05, 3.63) is 59.9 Å². The van der Waals surface area contributed by atoms with Crippen LogP contribution in [0.4, 0.5) is 17.5 Å². The Kier molecular flexibility index (Phi) is 5.23. The zero-order valence-corrected chi connectivity index (χ0v) is 17.2. The van der Waals surface area contributed by atoms with Gasteiger partial charge in [-0.1, -0.05) is 0 Å². The lowest BCUT2D eigenvalue weighted by molar-refractivity contribution is 0.266. The first-order valence-electron chi connectivity index (χ1n) is 10.7. The van der Waals surface area contributed by atoms with E-state index >= 15 is 0 Å². The smallest absolute Gasteiger partial charge is 0.132 e. The number of rotatable bonds is 6. The summed E-state index contributed by atoms with van der Waals surface area (Å²) >= 11 is 0. The molecule has 0 aromatic carbocycles. The van der Waals surface area contributed by atoms with Crippen LogP contribution in [0.5, 0.6) is 0 Å². The molecule has 1 saturated carbocycles. The number of aliphatic hydroxyl groups is 1. The predicted molar refractivity (Wildman–Crippen MR) is 119 cm³/mol. The van der Waals surface area contributed by atoms with Crippen LogP contribution < -0.4 is 10.2 Å². The average molecular weight is 412 g/mol. The van der Waals surface area contributed by atoms with Gasteiger partial charge >= 0.3 is 0 Å². The molecule has 1 saturated heterocycles. The van der Waals surface area contributed by atoms with E-state index in [-0.39, 0.29) is 12.6 Å². The van der Waals surface area contributed by atoms with Gasteiger partial charge < -0.3 is 15.3 Å². The van der Waals surface area contributed by atoms with E-state index < -0.39 is 0 Å². The van der Waals surface area contributed by atoms with Crippen LogP contribution in [0.1, 0.15) is 42.7 Å². The maximum Gasteiger partial charge on any atom is 0.132 e. The Balaban J connectivity index is 1.44. The molecule has 0 bridgehead atoms. The number of aromatic nitrogens is 3. The molecule has 1 aliphatic heterocycles. The summed E-state index contributed by atoms with van der Waals surface area (Å²) in [6.07, 6.45) is 7.95. The summed E-state index contributed by atoms with van der Waals surface area (Å²) in [7, 11) is 0. The van der Waals surface area contributed by atoms with E-state index in [0.717, 1.165) is 36.5 Å². The monoisotopic (exact) mass is 412 g/mol. The fourth-order valence-electron chi connectivity index (χ4n) is 4.15. The van der Waals surface area contributed by atoms with E-state index in [1.165, 1.54) is 18.4 Å². The van der Waals surface area contributed by atoms with Gasteiger partial charge in [0.05, 0.1) is 30.0 Å². The summed E-state index contributed by atoms with van der Waals surface area (Å²) in [6, 6.07) is 14.0. The zero-order valence-electron chi connectivity index (χ0n) is 17.2. The fourth-order valence-corrected chi connectivity index (χ4v) is 4.15. The van der Waals surface area contributed by atoms with Crippen LogP contribution in [0.2, 0.25) is 0 Å². The minimum absolute atomic E-state index is 0.155. The summed E-state index contributed by atoms with van der Waals surface area (Å²) in [6.45, 7) is 1.08. The fraction of sp³-hybridized carbons (Fsp3) is 0.333. The Morgan fingerprint density at radius 2 is 2.00 bits per heavy atom. The molecule has 2 fully saturated rings. The standard InChI is InChI=1S/C24H24N6O/c25-13-16-7-8-26-22(10-16)29-23-12-19(17-3-4-17)11-21(28-23)18-5-6-24(27-14-18)30-9-1-2-20(30)15-31/h5-8,10-12,14,17,20,31H,1-4,9,15H2,(H,26,28,29). The largest absolute Gasteiger partial charge is 0.394 e. The third-order valence-corrected chi connectivity index (χ3v) is 5.97. The summed E-state index contributed by atoms with van der Waals surface area (Å²) in [5.74, 6) is 2.78. The summed E-state index contributed by atoms with van der Waals surface area (Å²) in [4.78, 5) is 15.9. The van der Waals surface area contributed by atoms with Crippen molar-refractivity contribution in [1.29, 1.82) is 5.26 Å². The molecule has 7 nitrogen and oxygen atoms in total. The van der Waals surface area contributed by atoms with Crippen LogP contribution in [0.3, 0.4) is 0 Å². The van der Waals surface area contributed by atoms with Crippen molar-refractivity contribution < 1.29 is 5.11 Å². The predicted octanol–water partition coefficient (Wildman–Crippen LogP) is 3.99. The number of hydrogen-bond donors (Lipinski definition) is 2. The van der Waals surface area contributed by atoms with Gasteiger partial charge in [-0.3, -0.25) is 0 Å². The van der Waals surface area contributed by atoms with Crippen molar-refractivity contribution >= 4 is 17.5 Å². The minimum Gasteiger partial charge on any atom is -0.394 e. The molecule has 5 rings (SSSR count). The van der Waals surface area contributed by atoms with Crippen molar-refractivity contribution in [3.63, 3.8) is 0 Å². The van der Waals surface area contributed by atoms with E-state index in [2.05, 4.69) is 38.4 Å². The van der Waals surface area contributed by atoms with Crippen molar-refractivity contribution in [2.24, 2.45) is 0 Å². The average Bonchev–Trinajstić information content (AvgIpc) is 3.56. The van der Waals surface area contributed by atoms with E-state index in [1.54, 1.807) is 18.3 Å². The molecular weight excluding hydrogens is 388 g/mol. The highest BCUT2D eigenvalue weighted by Crippen LogP contribution is 2.42. The lowest BCUT2D eigenvalue weighted by Gasteiger charge is -2.24. The SMILES string of the molecule is N#Cc1ccnc(Nc2cc(C3CC3)cc(-c3ccc(N4CCCC4CO)nc3)n2)c1. The Morgan fingerprint density at radius 1 is 1.10 bits per heavy atom. The molecule has 3 aromatic heterocycles. The molecule has 1 aliphatic carbocycles. The first-order valence-corrected chi connectivity index (χ1v) is 10.7. The second-order valence-electron chi connectivity index (χ2n) is 8.19. The molecule has 0 radical (unpaired) electrons. The third-order valence-electron chi connectivity index (χ3n) is 5.97. The van der Waals surface area contributed by atoms with Crippen LogP contribution in [0.15, 0.2) is 48.8 Å². The van der Waals surface area contributed by atoms with Gasteiger partial charge in [-0.15, -0.1) is 0 Å². The van der Waals surface area contributed by atoms with Crippen molar-refractivity contribution in [3.8, 4) is 17.3 Å². The first-order chi connectivity index (χ1) is 15.2. The van der Waals surface area contributed by atoms with Crippen LogP contribution in [-0.2, 0) is 0 Å². The molecule has 31 heavy (non-hydrogen) atoms. The lowest BCUT2D eigenvalue weighted by atomic mass is 10.1. The van der Waals surface area contributed by atoms with Gasteiger partial charge in [0.25, 0.3) is 0 Å². The molecule has 7 heteroatoms. The molecule has 0 amide bonds. The molecule has 3 aromatic rings. The number of hydrogen-bond acceptors (Lipinski definition) is 7. The highest BCUT2D eigenvalue weighted by atomic mass is 16.3. The number of nitriles is 1. The third kappa shape index (κ3) is 4.21. The van der Waals surface area contributed by atoms with E-state index in [1.807, 2.05) is 18.3 Å². The number of pyridine rings is 3. The molecule has 1 unspecified atom stereocenters. The Hall–Kier alpha value is -3.50. The molecular formula is C24H24N6O. The van der Waals surface area contributed by atoms with Gasteiger partial charge in [-0.25, -0.2) is 15.0 Å². The number of nitrogens with one attached hydrogen (secondary N) is 1. The Bertz CT molecular complexity index is 1120. The van der Waals surface area contributed by atoms with Gasteiger partial charge in [0.1, 0.15) is 17.5 Å². The van der Waals surface area contributed by atoms with Gasteiger partial charge in [0.2, 0.25) is 0 Å². The van der Waals surface area contributed by atoms with E-state index in [9.17, 15) is 5.11 Å². The lowest BCUT2D eigenvalue weighted by Crippen LogP contribution is -2.32. The highest BCUT2D eigenvalue weighted by Gasteiger charge is 2.26. The van der Waals surface area contributed by atoms with Crippen LogP contribution in [0, 0.1) is 11.3 Å². The molecule has 1 atom stereocenters. The minimum atomic E-state index is 0.155. The summed E-state index contributed by atoms with van der Waals surface area (Å²) in [5, 5.41) is 22.0. The normalized spacial score (nSPS) is 18.1.